The van der Waals surface area contributed by atoms with Crippen molar-refractivity contribution in [2.75, 3.05) is 0 Å². The zero-order valence-electron chi connectivity index (χ0n) is 17.8. The molecule has 0 aliphatic rings. The van der Waals surface area contributed by atoms with E-state index in [2.05, 4.69) is 105 Å². The lowest BCUT2D eigenvalue weighted by Crippen LogP contribution is -2.27. The van der Waals surface area contributed by atoms with Crippen molar-refractivity contribution in [1.82, 2.24) is 4.98 Å². The summed E-state index contributed by atoms with van der Waals surface area (Å²) in [4.78, 5) is 4.88. The molecule has 142 valence electrons. The maximum Gasteiger partial charge on any atom is 0.124 e. The van der Waals surface area contributed by atoms with Gasteiger partial charge in [-0.3, -0.25) is 4.98 Å². The van der Waals surface area contributed by atoms with Crippen LogP contribution in [0.2, 0.25) is 0 Å². The molecule has 2 nitrogen and oxygen atoms in total. The monoisotopic (exact) mass is 371 g/mol. The van der Waals surface area contributed by atoms with E-state index in [1.165, 1.54) is 0 Å². The van der Waals surface area contributed by atoms with Crippen molar-refractivity contribution >= 4 is 8.15 Å². The van der Waals surface area contributed by atoms with Gasteiger partial charge in [0.2, 0.25) is 0 Å². The summed E-state index contributed by atoms with van der Waals surface area (Å²) >= 11 is 0. The summed E-state index contributed by atoms with van der Waals surface area (Å²) in [5, 5.41) is 0.238. The molecule has 2 rings (SSSR count). The Bertz CT molecular complexity index is 734. The maximum absolute atomic E-state index is 6.54. The minimum atomic E-state index is -0.645. The van der Waals surface area contributed by atoms with E-state index < -0.39 is 8.15 Å². The highest BCUT2D eigenvalue weighted by molar-refractivity contribution is 7.56. The zero-order chi connectivity index (χ0) is 19.8. The fraction of sp³-hybridized carbons (Fsp3) is 0.522. The van der Waals surface area contributed by atoms with Crippen LogP contribution in [0.15, 0.2) is 42.5 Å². The number of pyridine rings is 1. The van der Waals surface area contributed by atoms with Crippen LogP contribution in [0, 0.1) is 0 Å². The third kappa shape index (κ3) is 5.30. The number of hydrogen-bond acceptors (Lipinski definition) is 2. The van der Waals surface area contributed by atoms with Crippen molar-refractivity contribution in [1.29, 1.82) is 0 Å². The van der Waals surface area contributed by atoms with Crippen LogP contribution in [-0.4, -0.2) is 15.3 Å². The topological polar surface area (TPSA) is 22.1 Å². The summed E-state index contributed by atoms with van der Waals surface area (Å²) in [5.74, 6) is 0.932. The molecule has 0 unspecified atom stereocenters. The predicted molar refractivity (Wildman–Crippen MR) is 115 cm³/mol. The van der Waals surface area contributed by atoms with Gasteiger partial charge in [-0.25, -0.2) is 0 Å². The minimum Gasteiger partial charge on any atom is -0.473 e. The third-order valence-electron chi connectivity index (χ3n) is 4.06. The molecule has 0 bridgehead atoms. The van der Waals surface area contributed by atoms with Gasteiger partial charge < -0.3 is 4.52 Å². The number of rotatable bonds is 3. The van der Waals surface area contributed by atoms with Crippen molar-refractivity contribution in [3.8, 4) is 17.0 Å². The van der Waals surface area contributed by atoms with E-state index in [4.69, 9.17) is 9.51 Å². The summed E-state index contributed by atoms with van der Waals surface area (Å²) in [5.41, 5.74) is 3.25. The lowest BCUT2D eigenvalue weighted by atomic mass is 9.91. The molecule has 0 saturated carbocycles. The fourth-order valence-corrected chi connectivity index (χ4v) is 6.00. The molecule has 0 atom stereocenters. The van der Waals surface area contributed by atoms with Crippen molar-refractivity contribution < 1.29 is 4.52 Å². The van der Waals surface area contributed by atoms with Crippen LogP contribution in [0.3, 0.4) is 0 Å². The van der Waals surface area contributed by atoms with Crippen LogP contribution in [-0.2, 0) is 5.41 Å². The van der Waals surface area contributed by atoms with Gasteiger partial charge >= 0.3 is 0 Å². The molecule has 0 radical (unpaired) electrons. The van der Waals surface area contributed by atoms with Gasteiger partial charge in [0.1, 0.15) is 5.75 Å². The van der Waals surface area contributed by atoms with Crippen LogP contribution in [0.25, 0.3) is 11.3 Å². The van der Waals surface area contributed by atoms with Crippen LogP contribution < -0.4 is 4.52 Å². The Morgan fingerprint density at radius 1 is 0.769 bits per heavy atom. The highest BCUT2D eigenvalue weighted by Crippen LogP contribution is 2.59. The Morgan fingerprint density at radius 3 is 1.88 bits per heavy atom. The predicted octanol–water partition coefficient (Wildman–Crippen LogP) is 7.42. The second-order valence-electron chi connectivity index (χ2n) is 9.91. The second-order valence-corrected chi connectivity index (χ2v) is 13.4. The summed E-state index contributed by atoms with van der Waals surface area (Å²) < 4.78 is 6.54. The summed E-state index contributed by atoms with van der Waals surface area (Å²) in [6.45, 7) is 20.2. The van der Waals surface area contributed by atoms with Crippen molar-refractivity contribution in [2.45, 2.75) is 78.0 Å². The molecular weight excluding hydrogens is 337 g/mol. The largest absolute Gasteiger partial charge is 0.473 e. The van der Waals surface area contributed by atoms with Crippen LogP contribution in [0.4, 0.5) is 0 Å². The molecule has 0 N–H and O–H groups in total. The second kappa shape index (κ2) is 7.31. The zero-order valence-corrected chi connectivity index (χ0v) is 18.7. The van der Waals surface area contributed by atoms with E-state index in [0.29, 0.717) is 0 Å². The molecule has 3 heteroatoms. The number of hydrogen-bond donors (Lipinski definition) is 0. The van der Waals surface area contributed by atoms with Gasteiger partial charge in [-0.15, -0.1) is 0 Å². The van der Waals surface area contributed by atoms with Gasteiger partial charge in [0.25, 0.3) is 0 Å². The molecule has 0 amide bonds. The maximum atomic E-state index is 6.54. The minimum absolute atomic E-state index is 0.0386. The van der Waals surface area contributed by atoms with Crippen molar-refractivity contribution in [3.05, 3.63) is 48.2 Å². The van der Waals surface area contributed by atoms with Gasteiger partial charge in [0.15, 0.2) is 0 Å². The molecule has 0 fully saturated rings. The summed E-state index contributed by atoms with van der Waals surface area (Å²) in [7, 11) is -0.645. The van der Waals surface area contributed by atoms with E-state index in [9.17, 15) is 0 Å². The molecule has 0 aliphatic carbocycles. The van der Waals surface area contributed by atoms with Gasteiger partial charge in [0.05, 0.1) is 13.8 Å². The normalized spacial score (nSPS) is 13.2. The highest BCUT2D eigenvalue weighted by Gasteiger charge is 2.37. The van der Waals surface area contributed by atoms with E-state index in [1.54, 1.807) is 0 Å². The molecule has 0 aliphatic heterocycles. The van der Waals surface area contributed by atoms with Gasteiger partial charge in [-0.1, -0.05) is 80.5 Å². The molecule has 26 heavy (non-hydrogen) atoms. The SMILES string of the molecule is CC(C)(C)c1cccc(-c2cccc(OP(C(C)(C)C)C(C)(C)C)c2)n1. The van der Waals surface area contributed by atoms with Crippen LogP contribution in [0.5, 0.6) is 5.75 Å². The lowest BCUT2D eigenvalue weighted by Gasteiger charge is -2.39. The Morgan fingerprint density at radius 2 is 1.35 bits per heavy atom. The number of benzene rings is 1. The van der Waals surface area contributed by atoms with Gasteiger partial charge in [0, 0.05) is 27.0 Å². The number of nitrogens with zero attached hydrogens (tertiary/aromatic N) is 1. The average molecular weight is 372 g/mol. The fourth-order valence-electron chi connectivity index (χ4n) is 3.11. The highest BCUT2D eigenvalue weighted by atomic mass is 31.1. The molecular formula is C23H34NOP. The van der Waals surface area contributed by atoms with Gasteiger partial charge in [-0.05, 0) is 24.3 Å². The smallest absolute Gasteiger partial charge is 0.124 e. The Balaban J connectivity index is 2.37. The molecule has 0 spiro atoms. The first-order chi connectivity index (χ1) is 11.8. The first-order valence-electron chi connectivity index (χ1n) is 9.35. The van der Waals surface area contributed by atoms with Crippen LogP contribution >= 0.6 is 8.15 Å². The van der Waals surface area contributed by atoms with Crippen LogP contribution in [0.1, 0.15) is 68.0 Å². The Labute approximate surface area is 161 Å². The van der Waals surface area contributed by atoms with E-state index in [0.717, 1.165) is 22.7 Å². The number of aromatic nitrogens is 1. The van der Waals surface area contributed by atoms with E-state index in [1.807, 2.05) is 0 Å². The quantitative estimate of drug-likeness (QED) is 0.524. The Hall–Kier alpha value is -1.40. The standard InChI is InChI=1S/C23H34NOP/c1-21(2,3)20-15-11-14-19(24-20)17-12-10-13-18(16-17)25-26(22(4,5)6)23(7,8)9/h10-16H,1-9H3. The molecule has 1 aromatic carbocycles. The lowest BCUT2D eigenvalue weighted by molar-refractivity contribution is 0.533. The molecule has 2 aromatic rings. The molecule has 1 heterocycles. The van der Waals surface area contributed by atoms with Crippen molar-refractivity contribution in [3.63, 3.8) is 0 Å². The van der Waals surface area contributed by atoms with E-state index in [-0.39, 0.29) is 15.7 Å². The van der Waals surface area contributed by atoms with Crippen molar-refractivity contribution in [2.24, 2.45) is 0 Å². The molecule has 0 saturated heterocycles. The Kier molecular flexibility index (Phi) is 5.88. The third-order valence-corrected chi connectivity index (χ3v) is 6.89. The average Bonchev–Trinajstić information content (AvgIpc) is 2.50. The van der Waals surface area contributed by atoms with E-state index >= 15 is 0 Å². The first-order valence-corrected chi connectivity index (χ1v) is 10.6. The summed E-state index contributed by atoms with van der Waals surface area (Å²) in [6, 6.07) is 14.6. The first kappa shape index (κ1) is 20.9. The summed E-state index contributed by atoms with van der Waals surface area (Å²) in [6.07, 6.45) is 0. The molecule has 1 aromatic heterocycles. The van der Waals surface area contributed by atoms with Gasteiger partial charge in [-0.2, -0.15) is 0 Å².